The molecule has 0 aliphatic rings. The molecule has 0 spiro atoms. The highest BCUT2D eigenvalue weighted by atomic mass is 32.2. The number of hydrogen-bond acceptors (Lipinski definition) is 5. The summed E-state index contributed by atoms with van der Waals surface area (Å²) in [4.78, 5) is 23.9. The molecule has 0 aliphatic carbocycles. The maximum atomic E-state index is 12.3. The smallest absolute Gasteiger partial charge is 0.337 e. The van der Waals surface area contributed by atoms with Crippen molar-refractivity contribution in [1.82, 2.24) is 4.72 Å². The highest BCUT2D eigenvalue weighted by Gasteiger charge is 2.14. The lowest BCUT2D eigenvalue weighted by atomic mass is 10.1. The van der Waals surface area contributed by atoms with E-state index in [1.807, 2.05) is 0 Å². The topological polar surface area (TPSA) is 102 Å². The largest absolute Gasteiger partial charge is 0.465 e. The van der Waals surface area contributed by atoms with Gasteiger partial charge in [-0.05, 0) is 42.5 Å². The van der Waals surface area contributed by atoms with E-state index in [1.165, 1.54) is 43.5 Å². The number of benzene rings is 2. The van der Waals surface area contributed by atoms with Crippen LogP contribution in [0.3, 0.4) is 0 Å². The standard InChI is InChI=1S/C18H18N2O5S/c1-3-11-19-26(23,24)16-9-7-15(8-10-16)20-17(21)13-5-4-6-14(12-13)18(22)25-2/h3-10,12,19H,1,11H2,2H3,(H,20,21). The van der Waals surface area contributed by atoms with Gasteiger partial charge in [-0.3, -0.25) is 4.79 Å². The number of nitrogens with one attached hydrogen (secondary N) is 2. The van der Waals surface area contributed by atoms with E-state index in [1.54, 1.807) is 18.2 Å². The van der Waals surface area contributed by atoms with E-state index in [0.717, 1.165) is 0 Å². The molecule has 0 unspecified atom stereocenters. The first-order valence-corrected chi connectivity index (χ1v) is 9.06. The highest BCUT2D eigenvalue weighted by molar-refractivity contribution is 7.89. The molecule has 7 nitrogen and oxygen atoms in total. The predicted octanol–water partition coefficient (Wildman–Crippen LogP) is 2.19. The highest BCUT2D eigenvalue weighted by Crippen LogP contribution is 2.15. The molecule has 2 aromatic carbocycles. The molecule has 0 fully saturated rings. The van der Waals surface area contributed by atoms with Crippen LogP contribution >= 0.6 is 0 Å². The third-order valence-electron chi connectivity index (χ3n) is 3.39. The number of anilines is 1. The van der Waals surface area contributed by atoms with Gasteiger partial charge in [-0.2, -0.15) is 0 Å². The summed E-state index contributed by atoms with van der Waals surface area (Å²) in [6.45, 7) is 3.57. The molecule has 0 saturated heterocycles. The molecule has 0 bridgehead atoms. The Labute approximate surface area is 151 Å². The van der Waals surface area contributed by atoms with Crippen LogP contribution in [0.5, 0.6) is 0 Å². The number of carbonyl (C=O) groups excluding carboxylic acids is 2. The van der Waals surface area contributed by atoms with Gasteiger partial charge in [0.25, 0.3) is 5.91 Å². The number of hydrogen-bond donors (Lipinski definition) is 2. The fourth-order valence-corrected chi connectivity index (χ4v) is 3.08. The van der Waals surface area contributed by atoms with Gasteiger partial charge in [0.05, 0.1) is 17.6 Å². The first kappa shape index (κ1) is 19.4. The zero-order valence-corrected chi connectivity index (χ0v) is 14.9. The number of rotatable bonds is 7. The Balaban J connectivity index is 2.13. The molecule has 8 heteroatoms. The van der Waals surface area contributed by atoms with Crippen molar-refractivity contribution in [3.63, 3.8) is 0 Å². The van der Waals surface area contributed by atoms with E-state index in [2.05, 4.69) is 21.4 Å². The fourth-order valence-electron chi connectivity index (χ4n) is 2.08. The molecule has 136 valence electrons. The van der Waals surface area contributed by atoms with Crippen LogP contribution in [0.4, 0.5) is 5.69 Å². The Bertz CT molecular complexity index is 921. The number of sulfonamides is 1. The molecular weight excluding hydrogens is 356 g/mol. The first-order valence-electron chi connectivity index (χ1n) is 7.57. The van der Waals surface area contributed by atoms with Gasteiger partial charge in [0.2, 0.25) is 10.0 Å². The Morgan fingerprint density at radius 3 is 2.38 bits per heavy atom. The second-order valence-electron chi connectivity index (χ2n) is 5.19. The van der Waals surface area contributed by atoms with Crippen molar-refractivity contribution in [2.45, 2.75) is 4.90 Å². The van der Waals surface area contributed by atoms with Crippen molar-refractivity contribution in [3.05, 3.63) is 72.3 Å². The molecule has 26 heavy (non-hydrogen) atoms. The zero-order chi connectivity index (χ0) is 19.2. The van der Waals surface area contributed by atoms with Crippen molar-refractivity contribution in [3.8, 4) is 0 Å². The van der Waals surface area contributed by atoms with Crippen LogP contribution in [-0.2, 0) is 14.8 Å². The number of ether oxygens (including phenoxy) is 1. The van der Waals surface area contributed by atoms with Gasteiger partial charge in [0.1, 0.15) is 0 Å². The molecule has 1 amide bonds. The molecule has 0 atom stereocenters. The van der Waals surface area contributed by atoms with Crippen LogP contribution < -0.4 is 10.0 Å². The second-order valence-corrected chi connectivity index (χ2v) is 6.96. The predicted molar refractivity (Wildman–Crippen MR) is 97.6 cm³/mol. The normalized spacial score (nSPS) is 10.8. The molecule has 2 aromatic rings. The minimum atomic E-state index is -3.62. The summed E-state index contributed by atoms with van der Waals surface area (Å²) in [6, 6.07) is 11.8. The molecule has 0 radical (unpaired) electrons. The third-order valence-corrected chi connectivity index (χ3v) is 4.83. The summed E-state index contributed by atoms with van der Waals surface area (Å²) in [5.74, 6) is -0.975. The van der Waals surface area contributed by atoms with Crippen molar-refractivity contribution < 1.29 is 22.7 Å². The fraction of sp³-hybridized carbons (Fsp3) is 0.111. The average Bonchev–Trinajstić information content (AvgIpc) is 2.66. The van der Waals surface area contributed by atoms with Crippen molar-refractivity contribution in [2.24, 2.45) is 0 Å². The molecule has 2 N–H and O–H groups in total. The van der Waals surface area contributed by atoms with Crippen LogP contribution in [0.2, 0.25) is 0 Å². The minimum Gasteiger partial charge on any atom is -0.465 e. The van der Waals surface area contributed by atoms with Gasteiger partial charge in [0, 0.05) is 17.8 Å². The average molecular weight is 374 g/mol. The van der Waals surface area contributed by atoms with Crippen molar-refractivity contribution in [2.75, 3.05) is 19.0 Å². The van der Waals surface area contributed by atoms with Crippen molar-refractivity contribution >= 4 is 27.6 Å². The molecule has 2 rings (SSSR count). The van der Waals surface area contributed by atoms with E-state index in [9.17, 15) is 18.0 Å². The molecule has 0 heterocycles. The minimum absolute atomic E-state index is 0.0741. The van der Waals surface area contributed by atoms with E-state index in [4.69, 9.17) is 0 Å². The second kappa shape index (κ2) is 8.41. The van der Waals surface area contributed by atoms with Crippen LogP contribution in [-0.4, -0.2) is 33.9 Å². The van der Waals surface area contributed by atoms with E-state index in [-0.39, 0.29) is 22.6 Å². The summed E-state index contributed by atoms with van der Waals surface area (Å²) in [5.41, 5.74) is 0.952. The number of amides is 1. The van der Waals surface area contributed by atoms with Gasteiger partial charge in [0.15, 0.2) is 0 Å². The van der Waals surface area contributed by atoms with E-state index in [0.29, 0.717) is 5.69 Å². The van der Waals surface area contributed by atoms with Crippen LogP contribution in [0.1, 0.15) is 20.7 Å². The molecule has 0 aliphatic heterocycles. The van der Waals surface area contributed by atoms with Gasteiger partial charge >= 0.3 is 5.97 Å². The maximum Gasteiger partial charge on any atom is 0.337 e. The first-order chi connectivity index (χ1) is 12.4. The van der Waals surface area contributed by atoms with Gasteiger partial charge in [-0.15, -0.1) is 6.58 Å². The Kier molecular flexibility index (Phi) is 6.26. The summed E-state index contributed by atoms with van der Waals surface area (Å²) in [6.07, 6.45) is 1.44. The summed E-state index contributed by atoms with van der Waals surface area (Å²) >= 11 is 0. The lowest BCUT2D eigenvalue weighted by Gasteiger charge is -2.08. The summed E-state index contributed by atoms with van der Waals surface area (Å²) < 4.78 is 31.0. The van der Waals surface area contributed by atoms with Crippen LogP contribution in [0, 0.1) is 0 Å². The van der Waals surface area contributed by atoms with E-state index >= 15 is 0 Å². The number of methoxy groups -OCH3 is 1. The number of esters is 1. The molecular formula is C18H18N2O5S. The third kappa shape index (κ3) is 4.78. The van der Waals surface area contributed by atoms with E-state index < -0.39 is 21.9 Å². The molecule has 0 saturated carbocycles. The van der Waals surface area contributed by atoms with Gasteiger partial charge in [-0.25, -0.2) is 17.9 Å². The summed E-state index contributed by atoms with van der Waals surface area (Å²) in [7, 11) is -2.36. The Hall–Kier alpha value is -2.97. The van der Waals surface area contributed by atoms with Crippen LogP contribution in [0.15, 0.2) is 66.1 Å². The monoisotopic (exact) mass is 374 g/mol. The van der Waals surface area contributed by atoms with Crippen molar-refractivity contribution in [1.29, 1.82) is 0 Å². The summed E-state index contributed by atoms with van der Waals surface area (Å²) in [5, 5.41) is 2.64. The lowest BCUT2D eigenvalue weighted by molar-refractivity contribution is 0.0600. The number of carbonyl (C=O) groups is 2. The Morgan fingerprint density at radius 2 is 1.77 bits per heavy atom. The lowest BCUT2D eigenvalue weighted by Crippen LogP contribution is -2.23. The Morgan fingerprint density at radius 1 is 1.12 bits per heavy atom. The van der Waals surface area contributed by atoms with Gasteiger partial charge < -0.3 is 10.1 Å². The zero-order valence-electron chi connectivity index (χ0n) is 14.1. The quantitative estimate of drug-likeness (QED) is 0.571. The van der Waals surface area contributed by atoms with Gasteiger partial charge in [-0.1, -0.05) is 12.1 Å². The molecule has 0 aromatic heterocycles. The maximum absolute atomic E-state index is 12.3. The van der Waals surface area contributed by atoms with Crippen LogP contribution in [0.25, 0.3) is 0 Å². The SMILES string of the molecule is C=CCNS(=O)(=O)c1ccc(NC(=O)c2cccc(C(=O)OC)c2)cc1.